The van der Waals surface area contributed by atoms with E-state index < -0.39 is 23.4 Å². The number of hydrogen-bond acceptors (Lipinski definition) is 5. The molecule has 0 bridgehead atoms. The van der Waals surface area contributed by atoms with Gasteiger partial charge in [0.1, 0.15) is 0 Å². The van der Waals surface area contributed by atoms with Crippen LogP contribution in [0.3, 0.4) is 0 Å². The normalized spacial score (nSPS) is 11.5. The molecule has 0 aliphatic carbocycles. The predicted molar refractivity (Wildman–Crippen MR) is 102 cm³/mol. The lowest BCUT2D eigenvalue weighted by molar-refractivity contribution is -0.385. The number of amides is 1. The van der Waals surface area contributed by atoms with Gasteiger partial charge in [-0.05, 0) is 30.0 Å². The monoisotopic (exact) mass is 370 g/mol. The summed E-state index contributed by atoms with van der Waals surface area (Å²) in [7, 11) is 0. The Bertz CT molecular complexity index is 817. The van der Waals surface area contributed by atoms with Gasteiger partial charge in [-0.15, -0.1) is 0 Å². The average Bonchev–Trinajstić information content (AvgIpc) is 2.66. The van der Waals surface area contributed by atoms with Crippen LogP contribution in [0.25, 0.3) is 0 Å². The third-order valence-corrected chi connectivity index (χ3v) is 4.26. The second-order valence-electron chi connectivity index (χ2n) is 6.20. The van der Waals surface area contributed by atoms with Crippen molar-refractivity contribution < 1.29 is 19.2 Å². The van der Waals surface area contributed by atoms with Crippen molar-refractivity contribution in [3.63, 3.8) is 0 Å². The van der Waals surface area contributed by atoms with Crippen LogP contribution in [0.1, 0.15) is 37.3 Å². The van der Waals surface area contributed by atoms with Crippen molar-refractivity contribution in [3.8, 4) is 0 Å². The number of para-hydroxylation sites is 1. The van der Waals surface area contributed by atoms with Gasteiger partial charge in [-0.1, -0.05) is 44.2 Å². The molecule has 0 aliphatic rings. The number of hydrogen-bond donors (Lipinski definition) is 1. The van der Waals surface area contributed by atoms with E-state index in [0.717, 1.165) is 6.42 Å². The number of anilines is 1. The van der Waals surface area contributed by atoms with Gasteiger partial charge in [0, 0.05) is 17.3 Å². The summed E-state index contributed by atoms with van der Waals surface area (Å²) in [4.78, 5) is 34.2. The molecule has 1 amide bonds. The van der Waals surface area contributed by atoms with Gasteiger partial charge in [-0.3, -0.25) is 19.7 Å². The molecule has 2 aromatic rings. The highest BCUT2D eigenvalue weighted by molar-refractivity contribution is 5.92. The Kier molecular flexibility index (Phi) is 7.05. The molecule has 2 aromatic carbocycles. The van der Waals surface area contributed by atoms with Gasteiger partial charge in [0.25, 0.3) is 11.6 Å². The maximum atomic E-state index is 11.9. The van der Waals surface area contributed by atoms with Crippen LogP contribution < -0.4 is 5.32 Å². The van der Waals surface area contributed by atoms with E-state index in [0.29, 0.717) is 11.6 Å². The second kappa shape index (κ2) is 9.47. The van der Waals surface area contributed by atoms with Gasteiger partial charge in [-0.25, -0.2) is 0 Å². The topological polar surface area (TPSA) is 98.5 Å². The van der Waals surface area contributed by atoms with Gasteiger partial charge in [0.15, 0.2) is 6.61 Å². The van der Waals surface area contributed by atoms with Crippen molar-refractivity contribution in [1.82, 2.24) is 0 Å². The first-order valence-electron chi connectivity index (χ1n) is 8.68. The Labute approximate surface area is 157 Å². The summed E-state index contributed by atoms with van der Waals surface area (Å²) in [5.74, 6) is -0.730. The van der Waals surface area contributed by atoms with Gasteiger partial charge in [-0.2, -0.15) is 0 Å². The van der Waals surface area contributed by atoms with Crippen LogP contribution in [-0.4, -0.2) is 23.4 Å². The molecule has 0 fully saturated rings. The van der Waals surface area contributed by atoms with E-state index in [1.54, 1.807) is 18.2 Å². The third kappa shape index (κ3) is 5.91. The van der Waals surface area contributed by atoms with Crippen LogP contribution in [-0.2, 0) is 20.7 Å². The SMILES string of the molecule is CC[C@@H](C)c1ccc(NC(=O)COC(=O)Cc2ccccc2[N+](=O)[O-])cc1. The molecule has 0 radical (unpaired) electrons. The van der Waals surface area contributed by atoms with Gasteiger partial charge in [0.05, 0.1) is 11.3 Å². The number of ether oxygens (including phenoxy) is 1. The minimum atomic E-state index is -0.702. The Balaban J connectivity index is 1.85. The van der Waals surface area contributed by atoms with E-state index in [2.05, 4.69) is 19.2 Å². The fraction of sp³-hybridized carbons (Fsp3) is 0.300. The molecule has 27 heavy (non-hydrogen) atoms. The van der Waals surface area contributed by atoms with Crippen molar-refractivity contribution in [2.24, 2.45) is 0 Å². The molecule has 2 rings (SSSR count). The molecule has 0 aromatic heterocycles. The number of esters is 1. The molecule has 0 heterocycles. The zero-order valence-electron chi connectivity index (χ0n) is 15.3. The summed E-state index contributed by atoms with van der Waals surface area (Å²) >= 11 is 0. The van der Waals surface area contributed by atoms with E-state index in [1.807, 2.05) is 12.1 Å². The zero-order valence-corrected chi connectivity index (χ0v) is 15.3. The number of nitro benzene ring substituents is 1. The van der Waals surface area contributed by atoms with E-state index in [-0.39, 0.29) is 17.7 Å². The molecule has 0 unspecified atom stereocenters. The highest BCUT2D eigenvalue weighted by atomic mass is 16.6. The number of nitrogens with one attached hydrogen (secondary N) is 1. The maximum absolute atomic E-state index is 11.9. The lowest BCUT2D eigenvalue weighted by Gasteiger charge is -2.10. The molecular weight excluding hydrogens is 348 g/mol. The maximum Gasteiger partial charge on any atom is 0.311 e. The van der Waals surface area contributed by atoms with Crippen molar-refractivity contribution in [2.45, 2.75) is 32.6 Å². The quantitative estimate of drug-likeness (QED) is 0.432. The highest BCUT2D eigenvalue weighted by Gasteiger charge is 2.17. The summed E-state index contributed by atoms with van der Waals surface area (Å²) in [5.41, 5.74) is 1.89. The summed E-state index contributed by atoms with van der Waals surface area (Å²) in [6.45, 7) is 3.79. The minimum absolute atomic E-state index is 0.153. The smallest absolute Gasteiger partial charge is 0.311 e. The van der Waals surface area contributed by atoms with Gasteiger partial charge in [0.2, 0.25) is 0 Å². The summed E-state index contributed by atoms with van der Waals surface area (Å²) < 4.78 is 4.92. The van der Waals surface area contributed by atoms with Crippen LogP contribution in [0.15, 0.2) is 48.5 Å². The van der Waals surface area contributed by atoms with Crippen LogP contribution in [0, 0.1) is 10.1 Å². The Morgan fingerprint density at radius 1 is 1.15 bits per heavy atom. The zero-order chi connectivity index (χ0) is 19.8. The number of nitro groups is 1. The van der Waals surface area contributed by atoms with Crippen LogP contribution in [0.4, 0.5) is 11.4 Å². The second-order valence-corrected chi connectivity index (χ2v) is 6.20. The highest BCUT2D eigenvalue weighted by Crippen LogP contribution is 2.20. The number of carbonyl (C=O) groups excluding carboxylic acids is 2. The number of nitrogens with zero attached hydrogens (tertiary/aromatic N) is 1. The first-order chi connectivity index (χ1) is 12.9. The molecule has 1 atom stereocenters. The molecule has 0 saturated heterocycles. The van der Waals surface area contributed by atoms with Crippen molar-refractivity contribution in [2.75, 3.05) is 11.9 Å². The van der Waals surface area contributed by atoms with E-state index in [9.17, 15) is 19.7 Å². The molecule has 7 heteroatoms. The molecular formula is C20H22N2O5. The molecule has 1 N–H and O–H groups in total. The summed E-state index contributed by atoms with van der Waals surface area (Å²) in [5, 5.41) is 13.6. The van der Waals surface area contributed by atoms with Crippen molar-refractivity contribution in [3.05, 3.63) is 69.8 Å². The minimum Gasteiger partial charge on any atom is -0.455 e. The predicted octanol–water partition coefficient (Wildman–Crippen LogP) is 3.83. The molecule has 7 nitrogen and oxygen atoms in total. The van der Waals surface area contributed by atoms with Crippen LogP contribution >= 0.6 is 0 Å². The first-order valence-corrected chi connectivity index (χ1v) is 8.68. The number of carbonyl (C=O) groups is 2. The van der Waals surface area contributed by atoms with E-state index in [4.69, 9.17) is 4.74 Å². The van der Waals surface area contributed by atoms with E-state index in [1.165, 1.54) is 23.8 Å². The molecule has 142 valence electrons. The lowest BCUT2D eigenvalue weighted by Crippen LogP contribution is -2.21. The third-order valence-electron chi connectivity index (χ3n) is 4.26. The summed E-state index contributed by atoms with van der Waals surface area (Å²) in [6, 6.07) is 13.4. The largest absolute Gasteiger partial charge is 0.455 e. The number of benzene rings is 2. The van der Waals surface area contributed by atoms with Crippen molar-refractivity contribution >= 4 is 23.3 Å². The molecule has 0 saturated carbocycles. The number of rotatable bonds is 8. The van der Waals surface area contributed by atoms with Crippen LogP contribution in [0.2, 0.25) is 0 Å². The van der Waals surface area contributed by atoms with Crippen LogP contribution in [0.5, 0.6) is 0 Å². The molecule has 0 spiro atoms. The fourth-order valence-electron chi connectivity index (χ4n) is 2.52. The molecule has 0 aliphatic heterocycles. The summed E-state index contributed by atoms with van der Waals surface area (Å²) in [6.07, 6.45) is 0.759. The lowest BCUT2D eigenvalue weighted by atomic mass is 9.99. The Morgan fingerprint density at radius 3 is 2.44 bits per heavy atom. The first kappa shape index (κ1) is 20.1. The Morgan fingerprint density at radius 2 is 1.81 bits per heavy atom. The fourth-order valence-corrected chi connectivity index (χ4v) is 2.52. The van der Waals surface area contributed by atoms with E-state index >= 15 is 0 Å². The van der Waals surface area contributed by atoms with Gasteiger partial charge >= 0.3 is 5.97 Å². The average molecular weight is 370 g/mol. The van der Waals surface area contributed by atoms with Crippen molar-refractivity contribution in [1.29, 1.82) is 0 Å². The van der Waals surface area contributed by atoms with Gasteiger partial charge < -0.3 is 10.1 Å². The Hall–Kier alpha value is -3.22. The standard InChI is InChI=1S/C20H22N2O5/c1-3-14(2)15-8-10-17(11-9-15)21-19(23)13-27-20(24)12-16-6-4-5-7-18(16)22(25)26/h4-11,14H,3,12-13H2,1-2H3,(H,21,23)/t14-/m1/s1.